The summed E-state index contributed by atoms with van der Waals surface area (Å²) in [6.45, 7) is 0. The maximum absolute atomic E-state index is 9.62. The lowest BCUT2D eigenvalue weighted by molar-refractivity contribution is 0.372. The van der Waals surface area contributed by atoms with E-state index in [0.717, 1.165) is 4.90 Å². The van der Waals surface area contributed by atoms with E-state index in [0.29, 0.717) is 5.75 Å². The van der Waals surface area contributed by atoms with Crippen molar-refractivity contribution in [1.82, 2.24) is 0 Å². The Morgan fingerprint density at radius 3 is 2.45 bits per heavy atom. The number of hydrogen-bond acceptors (Lipinski definition) is 3. The standard InChI is InChI=1S/C17H18O2S/c1-19-17-11-15(8-9-16(17)18)20-14-7-6-12-4-2-3-5-13(12)10-14/h6-11,18H,2-5H2,1H3. The van der Waals surface area contributed by atoms with Gasteiger partial charge in [0.05, 0.1) is 7.11 Å². The molecule has 0 aromatic heterocycles. The first-order valence-corrected chi connectivity index (χ1v) is 7.74. The molecule has 0 spiro atoms. The summed E-state index contributed by atoms with van der Waals surface area (Å²) >= 11 is 1.71. The molecular weight excluding hydrogens is 268 g/mol. The van der Waals surface area contributed by atoms with Gasteiger partial charge in [-0.25, -0.2) is 0 Å². The Morgan fingerprint density at radius 1 is 0.950 bits per heavy atom. The molecule has 0 heterocycles. The molecule has 0 unspecified atom stereocenters. The molecule has 0 atom stereocenters. The zero-order chi connectivity index (χ0) is 13.9. The minimum Gasteiger partial charge on any atom is -0.504 e. The molecule has 0 saturated carbocycles. The summed E-state index contributed by atoms with van der Waals surface area (Å²) in [6.07, 6.45) is 5.03. The topological polar surface area (TPSA) is 29.5 Å². The van der Waals surface area contributed by atoms with E-state index >= 15 is 0 Å². The van der Waals surface area contributed by atoms with E-state index in [2.05, 4.69) is 18.2 Å². The fraction of sp³-hybridized carbons (Fsp3) is 0.294. The van der Waals surface area contributed by atoms with Crippen LogP contribution in [0.25, 0.3) is 0 Å². The third-order valence-corrected chi connectivity index (χ3v) is 4.69. The van der Waals surface area contributed by atoms with Gasteiger partial charge in [0, 0.05) is 9.79 Å². The van der Waals surface area contributed by atoms with Crippen molar-refractivity contribution in [3.8, 4) is 11.5 Å². The van der Waals surface area contributed by atoms with Crippen LogP contribution in [0, 0.1) is 0 Å². The van der Waals surface area contributed by atoms with Crippen LogP contribution in [0.1, 0.15) is 24.0 Å². The third-order valence-electron chi connectivity index (χ3n) is 3.71. The number of fused-ring (bicyclic) bond motifs is 1. The number of phenols is 1. The number of methoxy groups -OCH3 is 1. The zero-order valence-electron chi connectivity index (χ0n) is 11.6. The Labute approximate surface area is 123 Å². The number of phenolic OH excluding ortho intramolecular Hbond substituents is 1. The molecule has 0 amide bonds. The smallest absolute Gasteiger partial charge is 0.161 e. The lowest BCUT2D eigenvalue weighted by Gasteiger charge is -2.16. The average molecular weight is 286 g/mol. The minimum atomic E-state index is 0.183. The fourth-order valence-corrected chi connectivity index (χ4v) is 3.54. The van der Waals surface area contributed by atoms with E-state index in [1.54, 1.807) is 24.9 Å². The third kappa shape index (κ3) is 2.78. The molecule has 0 aliphatic heterocycles. The van der Waals surface area contributed by atoms with Gasteiger partial charge in [-0.1, -0.05) is 17.8 Å². The molecule has 0 saturated heterocycles. The Hall–Kier alpha value is -1.61. The molecule has 0 fully saturated rings. The summed E-state index contributed by atoms with van der Waals surface area (Å²) in [5, 5.41) is 9.62. The van der Waals surface area contributed by atoms with E-state index in [-0.39, 0.29) is 5.75 Å². The quantitative estimate of drug-likeness (QED) is 0.905. The number of ether oxygens (including phenoxy) is 1. The molecular formula is C17H18O2S. The zero-order valence-corrected chi connectivity index (χ0v) is 12.4. The Morgan fingerprint density at radius 2 is 1.65 bits per heavy atom. The van der Waals surface area contributed by atoms with Crippen molar-refractivity contribution >= 4 is 11.8 Å². The molecule has 2 aromatic rings. The number of rotatable bonds is 3. The maximum Gasteiger partial charge on any atom is 0.161 e. The van der Waals surface area contributed by atoms with Crippen LogP contribution in [0.2, 0.25) is 0 Å². The predicted molar refractivity (Wildman–Crippen MR) is 81.9 cm³/mol. The highest BCUT2D eigenvalue weighted by atomic mass is 32.2. The molecule has 3 rings (SSSR count). The second-order valence-corrected chi connectivity index (χ2v) is 6.22. The summed E-state index contributed by atoms with van der Waals surface area (Å²) in [6, 6.07) is 12.2. The van der Waals surface area contributed by atoms with Crippen LogP contribution in [0.5, 0.6) is 11.5 Å². The average Bonchev–Trinajstić information content (AvgIpc) is 2.49. The normalized spacial score (nSPS) is 13.8. The summed E-state index contributed by atoms with van der Waals surface area (Å²) in [5.41, 5.74) is 3.00. The summed E-state index contributed by atoms with van der Waals surface area (Å²) in [7, 11) is 1.57. The van der Waals surface area contributed by atoms with E-state index in [1.165, 1.54) is 41.7 Å². The van der Waals surface area contributed by atoms with Crippen LogP contribution in [0.3, 0.4) is 0 Å². The fourth-order valence-electron chi connectivity index (χ4n) is 2.63. The SMILES string of the molecule is COc1cc(Sc2ccc3c(c2)CCCC3)ccc1O. The highest BCUT2D eigenvalue weighted by Crippen LogP contribution is 2.36. The largest absolute Gasteiger partial charge is 0.504 e. The minimum absolute atomic E-state index is 0.183. The highest BCUT2D eigenvalue weighted by Gasteiger charge is 2.10. The van der Waals surface area contributed by atoms with Gasteiger partial charge in [0.1, 0.15) is 0 Å². The second kappa shape index (κ2) is 5.80. The van der Waals surface area contributed by atoms with Gasteiger partial charge in [0.15, 0.2) is 11.5 Å². The Kier molecular flexibility index (Phi) is 3.88. The van der Waals surface area contributed by atoms with Crippen molar-refractivity contribution in [2.45, 2.75) is 35.5 Å². The van der Waals surface area contributed by atoms with Crippen molar-refractivity contribution in [3.05, 3.63) is 47.5 Å². The molecule has 2 nitrogen and oxygen atoms in total. The first-order chi connectivity index (χ1) is 9.76. The predicted octanol–water partition coefficient (Wildman–Crippen LogP) is 4.43. The van der Waals surface area contributed by atoms with Gasteiger partial charge < -0.3 is 9.84 Å². The second-order valence-electron chi connectivity index (χ2n) is 5.07. The Balaban J connectivity index is 1.84. The van der Waals surface area contributed by atoms with Crippen LogP contribution in [-0.2, 0) is 12.8 Å². The van der Waals surface area contributed by atoms with Crippen LogP contribution in [0.4, 0.5) is 0 Å². The highest BCUT2D eigenvalue weighted by molar-refractivity contribution is 7.99. The molecule has 20 heavy (non-hydrogen) atoms. The number of benzene rings is 2. The van der Waals surface area contributed by atoms with Gasteiger partial charge >= 0.3 is 0 Å². The maximum atomic E-state index is 9.62. The van der Waals surface area contributed by atoms with E-state index in [1.807, 2.05) is 12.1 Å². The molecule has 0 radical (unpaired) electrons. The lowest BCUT2D eigenvalue weighted by atomic mass is 9.92. The van der Waals surface area contributed by atoms with Crippen molar-refractivity contribution in [3.63, 3.8) is 0 Å². The molecule has 0 bridgehead atoms. The molecule has 2 aromatic carbocycles. The van der Waals surface area contributed by atoms with Crippen LogP contribution >= 0.6 is 11.8 Å². The van der Waals surface area contributed by atoms with E-state index in [4.69, 9.17) is 4.74 Å². The van der Waals surface area contributed by atoms with Gasteiger partial charge in [-0.3, -0.25) is 0 Å². The van der Waals surface area contributed by atoms with Crippen molar-refractivity contribution in [2.24, 2.45) is 0 Å². The Bertz CT molecular complexity index is 622. The van der Waals surface area contributed by atoms with Crippen molar-refractivity contribution < 1.29 is 9.84 Å². The van der Waals surface area contributed by atoms with Gasteiger partial charge in [-0.2, -0.15) is 0 Å². The monoisotopic (exact) mass is 286 g/mol. The van der Waals surface area contributed by atoms with Gasteiger partial charge in [-0.15, -0.1) is 0 Å². The molecule has 104 valence electrons. The van der Waals surface area contributed by atoms with Crippen molar-refractivity contribution in [1.29, 1.82) is 0 Å². The molecule has 1 aliphatic carbocycles. The van der Waals surface area contributed by atoms with E-state index in [9.17, 15) is 5.11 Å². The summed E-state index contributed by atoms with van der Waals surface area (Å²) in [4.78, 5) is 2.33. The molecule has 3 heteroatoms. The molecule has 1 N–H and O–H groups in total. The number of aromatic hydroxyl groups is 1. The van der Waals surface area contributed by atoms with Gasteiger partial charge in [-0.05, 0) is 67.1 Å². The first kappa shape index (κ1) is 13.4. The van der Waals surface area contributed by atoms with Gasteiger partial charge in [0.2, 0.25) is 0 Å². The number of hydrogen-bond donors (Lipinski definition) is 1. The van der Waals surface area contributed by atoms with Crippen LogP contribution < -0.4 is 4.74 Å². The summed E-state index contributed by atoms with van der Waals surface area (Å²) < 4.78 is 5.15. The van der Waals surface area contributed by atoms with Crippen molar-refractivity contribution in [2.75, 3.05) is 7.11 Å². The van der Waals surface area contributed by atoms with Gasteiger partial charge in [0.25, 0.3) is 0 Å². The first-order valence-electron chi connectivity index (χ1n) is 6.93. The lowest BCUT2D eigenvalue weighted by Crippen LogP contribution is -2.01. The molecule has 1 aliphatic rings. The summed E-state index contributed by atoms with van der Waals surface area (Å²) in [5.74, 6) is 0.704. The van der Waals surface area contributed by atoms with Crippen LogP contribution in [-0.4, -0.2) is 12.2 Å². The number of aryl methyl sites for hydroxylation is 2. The van der Waals surface area contributed by atoms with E-state index < -0.39 is 0 Å². The van der Waals surface area contributed by atoms with Crippen LogP contribution in [0.15, 0.2) is 46.2 Å².